The molecule has 7 nitrogen and oxygen atoms in total. The predicted octanol–water partition coefficient (Wildman–Crippen LogP) is 2.71. The fourth-order valence-corrected chi connectivity index (χ4v) is 2.23. The van der Waals surface area contributed by atoms with Gasteiger partial charge in [-0.1, -0.05) is 0 Å². The Morgan fingerprint density at radius 3 is 2.32 bits per heavy atom. The summed E-state index contributed by atoms with van der Waals surface area (Å²) in [7, 11) is 3.84. The van der Waals surface area contributed by atoms with E-state index in [0.717, 1.165) is 5.69 Å². The maximum absolute atomic E-state index is 12.3. The van der Waals surface area contributed by atoms with Crippen LogP contribution in [-0.2, 0) is 9.53 Å². The van der Waals surface area contributed by atoms with Crippen LogP contribution in [0.1, 0.15) is 37.2 Å². The zero-order valence-corrected chi connectivity index (χ0v) is 15.2. The molecule has 25 heavy (non-hydrogen) atoms. The van der Waals surface area contributed by atoms with Crippen molar-refractivity contribution in [3.05, 3.63) is 42.1 Å². The lowest BCUT2D eigenvalue weighted by Crippen LogP contribution is -2.31. The lowest BCUT2D eigenvalue weighted by molar-refractivity contribution is -0.123. The first-order valence-corrected chi connectivity index (χ1v) is 8.12. The van der Waals surface area contributed by atoms with Crippen molar-refractivity contribution in [1.82, 2.24) is 9.78 Å². The van der Waals surface area contributed by atoms with Gasteiger partial charge in [-0.05, 0) is 45.0 Å². The van der Waals surface area contributed by atoms with Gasteiger partial charge in [0.15, 0.2) is 6.10 Å². The maximum Gasteiger partial charge on any atom is 0.338 e. The third-order valence-corrected chi connectivity index (χ3v) is 3.68. The van der Waals surface area contributed by atoms with Gasteiger partial charge in [0.05, 0.1) is 11.8 Å². The summed E-state index contributed by atoms with van der Waals surface area (Å²) < 4.78 is 6.94. The Hall–Kier alpha value is -2.83. The SMILES string of the molecule is CC(C)n1nccc1NC(=O)[C@@H](C)OC(=O)c1ccc(N(C)C)cc1. The highest BCUT2D eigenvalue weighted by molar-refractivity contribution is 5.97. The van der Waals surface area contributed by atoms with Crippen LogP contribution in [0.5, 0.6) is 0 Å². The van der Waals surface area contributed by atoms with Crippen molar-refractivity contribution in [2.45, 2.75) is 32.9 Å². The second kappa shape index (κ2) is 7.83. The van der Waals surface area contributed by atoms with E-state index in [1.165, 1.54) is 6.92 Å². The number of nitrogens with one attached hydrogen (secondary N) is 1. The summed E-state index contributed by atoms with van der Waals surface area (Å²) >= 11 is 0. The van der Waals surface area contributed by atoms with Gasteiger partial charge < -0.3 is 15.0 Å². The Labute approximate surface area is 147 Å². The van der Waals surface area contributed by atoms with Crippen LogP contribution in [0.25, 0.3) is 0 Å². The van der Waals surface area contributed by atoms with Gasteiger partial charge in [-0.15, -0.1) is 0 Å². The zero-order valence-electron chi connectivity index (χ0n) is 15.2. The van der Waals surface area contributed by atoms with Gasteiger partial charge in [-0.2, -0.15) is 5.10 Å². The third kappa shape index (κ3) is 4.59. The third-order valence-electron chi connectivity index (χ3n) is 3.68. The largest absolute Gasteiger partial charge is 0.449 e. The summed E-state index contributed by atoms with van der Waals surface area (Å²) in [5.74, 6) is -0.371. The Balaban J connectivity index is 1.98. The van der Waals surface area contributed by atoms with E-state index in [-0.39, 0.29) is 6.04 Å². The first-order chi connectivity index (χ1) is 11.8. The summed E-state index contributed by atoms with van der Waals surface area (Å²) in [4.78, 5) is 26.4. The van der Waals surface area contributed by atoms with E-state index in [9.17, 15) is 9.59 Å². The monoisotopic (exact) mass is 344 g/mol. The van der Waals surface area contributed by atoms with Crippen molar-refractivity contribution in [3.8, 4) is 0 Å². The Morgan fingerprint density at radius 1 is 1.12 bits per heavy atom. The lowest BCUT2D eigenvalue weighted by Gasteiger charge is -2.16. The molecule has 1 aromatic carbocycles. The number of hydrogen-bond donors (Lipinski definition) is 1. The normalized spacial score (nSPS) is 11.9. The molecule has 1 N–H and O–H groups in total. The van der Waals surface area contributed by atoms with E-state index in [1.54, 1.807) is 29.1 Å². The van der Waals surface area contributed by atoms with E-state index in [0.29, 0.717) is 11.4 Å². The van der Waals surface area contributed by atoms with Crippen molar-refractivity contribution < 1.29 is 14.3 Å². The highest BCUT2D eigenvalue weighted by Gasteiger charge is 2.20. The summed E-state index contributed by atoms with van der Waals surface area (Å²) in [5.41, 5.74) is 1.38. The van der Waals surface area contributed by atoms with Crippen LogP contribution < -0.4 is 10.2 Å². The summed E-state index contributed by atoms with van der Waals surface area (Å²) in [5, 5.41) is 6.88. The highest BCUT2D eigenvalue weighted by atomic mass is 16.5. The molecule has 0 radical (unpaired) electrons. The molecule has 0 aliphatic heterocycles. The fraction of sp³-hybridized carbons (Fsp3) is 0.389. The van der Waals surface area contributed by atoms with Crippen LogP contribution in [0.2, 0.25) is 0 Å². The fourth-order valence-electron chi connectivity index (χ4n) is 2.23. The number of aromatic nitrogens is 2. The molecule has 0 fully saturated rings. The molecule has 0 bridgehead atoms. The zero-order chi connectivity index (χ0) is 18.6. The summed E-state index contributed by atoms with van der Waals surface area (Å²) in [6.07, 6.45) is 0.690. The van der Waals surface area contributed by atoms with Gasteiger partial charge in [0.2, 0.25) is 0 Å². The molecule has 1 heterocycles. The number of amides is 1. The van der Waals surface area contributed by atoms with Crippen molar-refractivity contribution in [2.24, 2.45) is 0 Å². The average Bonchev–Trinajstić information content (AvgIpc) is 3.03. The van der Waals surface area contributed by atoms with E-state index < -0.39 is 18.0 Å². The van der Waals surface area contributed by atoms with Crippen LogP contribution >= 0.6 is 0 Å². The molecular formula is C18H24N4O3. The molecule has 2 aromatic rings. The van der Waals surface area contributed by atoms with Crippen molar-refractivity contribution in [3.63, 3.8) is 0 Å². The average molecular weight is 344 g/mol. The summed E-state index contributed by atoms with van der Waals surface area (Å²) in [6, 6.07) is 8.81. The topological polar surface area (TPSA) is 76.5 Å². The molecule has 2 rings (SSSR count). The molecule has 1 atom stereocenters. The number of anilines is 2. The smallest absolute Gasteiger partial charge is 0.338 e. The molecule has 0 aliphatic carbocycles. The van der Waals surface area contributed by atoms with E-state index in [1.807, 2.05) is 45.0 Å². The van der Waals surface area contributed by atoms with Crippen LogP contribution in [-0.4, -0.2) is 41.9 Å². The molecule has 1 amide bonds. The van der Waals surface area contributed by atoms with E-state index in [2.05, 4.69) is 10.4 Å². The number of esters is 1. The van der Waals surface area contributed by atoms with Gasteiger partial charge >= 0.3 is 5.97 Å². The summed E-state index contributed by atoms with van der Waals surface area (Å²) in [6.45, 7) is 5.46. The molecule has 1 aromatic heterocycles. The predicted molar refractivity (Wildman–Crippen MR) is 96.9 cm³/mol. The standard InChI is InChI=1S/C18H24N4O3/c1-12(2)22-16(10-11-19-22)20-17(23)13(3)25-18(24)14-6-8-15(9-7-14)21(4)5/h6-13H,1-5H3,(H,20,23)/t13-/m1/s1. The molecule has 0 saturated carbocycles. The lowest BCUT2D eigenvalue weighted by atomic mass is 10.2. The van der Waals surface area contributed by atoms with Crippen molar-refractivity contribution in [2.75, 3.05) is 24.3 Å². The van der Waals surface area contributed by atoms with Gasteiger partial charge in [0, 0.05) is 31.9 Å². The van der Waals surface area contributed by atoms with Crippen LogP contribution in [0, 0.1) is 0 Å². The molecule has 0 unspecified atom stereocenters. The number of ether oxygens (including phenoxy) is 1. The number of carbonyl (C=O) groups excluding carboxylic acids is 2. The molecule has 0 saturated heterocycles. The van der Waals surface area contributed by atoms with Gasteiger partial charge in [0.1, 0.15) is 5.82 Å². The van der Waals surface area contributed by atoms with Crippen LogP contribution in [0.3, 0.4) is 0 Å². The first kappa shape index (κ1) is 18.5. The number of rotatable bonds is 6. The highest BCUT2D eigenvalue weighted by Crippen LogP contribution is 2.15. The van der Waals surface area contributed by atoms with Crippen LogP contribution in [0.15, 0.2) is 36.5 Å². The number of benzene rings is 1. The Bertz CT molecular complexity index is 735. The van der Waals surface area contributed by atoms with E-state index >= 15 is 0 Å². The molecule has 134 valence electrons. The minimum Gasteiger partial charge on any atom is -0.449 e. The minimum atomic E-state index is -0.920. The van der Waals surface area contributed by atoms with E-state index in [4.69, 9.17) is 4.74 Å². The Morgan fingerprint density at radius 2 is 1.76 bits per heavy atom. The quantitative estimate of drug-likeness (QED) is 0.816. The first-order valence-electron chi connectivity index (χ1n) is 8.12. The second-order valence-electron chi connectivity index (χ2n) is 6.23. The Kier molecular flexibility index (Phi) is 5.80. The minimum absolute atomic E-state index is 0.110. The van der Waals surface area contributed by atoms with Crippen molar-refractivity contribution >= 4 is 23.4 Å². The van der Waals surface area contributed by atoms with Crippen LogP contribution in [0.4, 0.5) is 11.5 Å². The molecule has 0 aliphatic rings. The number of nitrogens with zero attached hydrogens (tertiary/aromatic N) is 3. The van der Waals surface area contributed by atoms with Crippen molar-refractivity contribution in [1.29, 1.82) is 0 Å². The molecule has 7 heteroatoms. The number of hydrogen-bond acceptors (Lipinski definition) is 5. The molecular weight excluding hydrogens is 320 g/mol. The van der Waals surface area contributed by atoms with Gasteiger partial charge in [-0.3, -0.25) is 4.79 Å². The van der Waals surface area contributed by atoms with Gasteiger partial charge in [-0.25, -0.2) is 9.48 Å². The molecule has 0 spiro atoms. The second-order valence-corrected chi connectivity index (χ2v) is 6.23. The van der Waals surface area contributed by atoms with Gasteiger partial charge in [0.25, 0.3) is 5.91 Å². The number of carbonyl (C=O) groups is 2. The maximum atomic E-state index is 12.3.